The molecule has 2 N–H and O–H groups in total. The minimum absolute atomic E-state index is 0.131. The van der Waals surface area contributed by atoms with E-state index >= 15 is 0 Å². The lowest BCUT2D eigenvalue weighted by atomic mass is 9.92. The van der Waals surface area contributed by atoms with Crippen LogP contribution in [0.15, 0.2) is 12.1 Å². The fourth-order valence-electron chi connectivity index (χ4n) is 4.06. The molecule has 0 spiro atoms. The van der Waals surface area contributed by atoms with Gasteiger partial charge < -0.3 is 9.67 Å². The molecule has 2 aliphatic carbocycles. The van der Waals surface area contributed by atoms with E-state index in [9.17, 15) is 18.7 Å². The first-order valence-electron chi connectivity index (χ1n) is 10.0. The molecule has 2 aromatic rings. The number of aliphatic hydroxyl groups is 1. The Kier molecular flexibility index (Phi) is 4.49. The zero-order valence-corrected chi connectivity index (χ0v) is 16.6. The van der Waals surface area contributed by atoms with E-state index < -0.39 is 23.0 Å². The van der Waals surface area contributed by atoms with Crippen molar-refractivity contribution in [2.24, 2.45) is 5.41 Å². The quantitative estimate of drug-likeness (QED) is 0.757. The molecule has 1 heterocycles. The summed E-state index contributed by atoms with van der Waals surface area (Å²) in [5, 5.41) is 13.2. The van der Waals surface area contributed by atoms with Gasteiger partial charge in [0.15, 0.2) is 5.82 Å². The maximum atomic E-state index is 14.8. The molecule has 0 aliphatic heterocycles. The lowest BCUT2D eigenvalue weighted by molar-refractivity contribution is -0.121. The smallest absolute Gasteiger partial charge is 0.233 e. The number of fused-ring (bicyclic) bond motifs is 1. The van der Waals surface area contributed by atoms with E-state index in [-0.39, 0.29) is 23.9 Å². The van der Waals surface area contributed by atoms with Crippen molar-refractivity contribution in [2.75, 3.05) is 5.32 Å². The summed E-state index contributed by atoms with van der Waals surface area (Å²) in [6.45, 7) is 4.68. The number of nitrogens with zero attached hydrogens (tertiary/aromatic N) is 2. The van der Waals surface area contributed by atoms with Crippen molar-refractivity contribution >= 4 is 22.9 Å². The molecule has 2 saturated carbocycles. The van der Waals surface area contributed by atoms with Crippen molar-refractivity contribution in [1.82, 2.24) is 9.55 Å². The summed E-state index contributed by atoms with van der Waals surface area (Å²) >= 11 is 0. The largest absolute Gasteiger partial charge is 0.386 e. The van der Waals surface area contributed by atoms with Crippen LogP contribution in [0, 0.1) is 11.2 Å². The summed E-state index contributed by atoms with van der Waals surface area (Å²) in [5.41, 5.74) is -0.656. The normalized spacial score (nSPS) is 20.1. The van der Waals surface area contributed by atoms with Crippen molar-refractivity contribution in [2.45, 2.75) is 77.1 Å². The average molecular weight is 391 g/mol. The van der Waals surface area contributed by atoms with Crippen molar-refractivity contribution in [3.63, 3.8) is 0 Å². The number of hydrogen-bond donors (Lipinski definition) is 2. The number of nitrogens with one attached hydrogen (secondary N) is 1. The second-order valence-corrected chi connectivity index (χ2v) is 8.99. The van der Waals surface area contributed by atoms with E-state index in [1.807, 2.05) is 4.57 Å². The topological polar surface area (TPSA) is 67.2 Å². The van der Waals surface area contributed by atoms with Crippen molar-refractivity contribution in [3.8, 4) is 0 Å². The number of carbonyl (C=O) groups is 1. The molecule has 152 valence electrons. The van der Waals surface area contributed by atoms with E-state index in [1.165, 1.54) is 13.0 Å². The Labute approximate surface area is 163 Å². The number of rotatable bonds is 6. The maximum Gasteiger partial charge on any atom is 0.233 e. The first kappa shape index (κ1) is 19.3. The molecule has 0 bridgehead atoms. The number of anilines is 1. The molecule has 2 aliphatic rings. The third-order valence-electron chi connectivity index (χ3n) is 6.13. The predicted molar refractivity (Wildman–Crippen MR) is 103 cm³/mol. The lowest BCUT2D eigenvalue weighted by Gasteiger charge is -2.29. The second kappa shape index (κ2) is 6.51. The number of halogens is 2. The highest BCUT2D eigenvalue weighted by atomic mass is 19.1. The first-order valence-corrected chi connectivity index (χ1v) is 10.0. The van der Waals surface area contributed by atoms with Gasteiger partial charge in [0.2, 0.25) is 11.9 Å². The number of alkyl halides is 1. The molecule has 1 aromatic heterocycles. The molecule has 2 fully saturated rings. The summed E-state index contributed by atoms with van der Waals surface area (Å²) in [5.74, 6) is -0.452. The maximum absolute atomic E-state index is 14.8. The number of imidazole rings is 1. The van der Waals surface area contributed by atoms with Gasteiger partial charge in [-0.15, -0.1) is 0 Å². The number of hydrogen-bond acceptors (Lipinski definition) is 3. The number of amides is 1. The molecule has 1 amide bonds. The summed E-state index contributed by atoms with van der Waals surface area (Å²) < 4.78 is 30.2. The van der Waals surface area contributed by atoms with Crippen LogP contribution >= 0.6 is 0 Å². The monoisotopic (exact) mass is 391 g/mol. The molecule has 1 atom stereocenters. The Balaban J connectivity index is 1.76. The van der Waals surface area contributed by atoms with Crippen LogP contribution in [0.4, 0.5) is 14.7 Å². The predicted octanol–water partition coefficient (Wildman–Crippen LogP) is 4.59. The highest BCUT2D eigenvalue weighted by Crippen LogP contribution is 2.51. The van der Waals surface area contributed by atoms with Gasteiger partial charge in [-0.3, -0.25) is 10.1 Å². The zero-order chi connectivity index (χ0) is 20.3. The standard InChI is InChI=1S/C21H27F2N3O2/c1-12(22)11-21(7-8-21)18(27)25-19-24-17-15(23)9-13(20(2,3)28)10-16(17)26(19)14-5-4-6-14/h9-10,12,14,28H,4-8,11H2,1-3H3,(H,24,25,27). The van der Waals surface area contributed by atoms with Gasteiger partial charge in [-0.25, -0.2) is 13.8 Å². The van der Waals surface area contributed by atoms with Crippen LogP contribution in [0.5, 0.6) is 0 Å². The summed E-state index contributed by atoms with van der Waals surface area (Å²) in [4.78, 5) is 17.2. The van der Waals surface area contributed by atoms with E-state index in [1.54, 1.807) is 19.9 Å². The number of benzene rings is 1. The van der Waals surface area contributed by atoms with Crippen LogP contribution in [0.1, 0.15) is 70.9 Å². The molecule has 0 radical (unpaired) electrons. The van der Waals surface area contributed by atoms with Gasteiger partial charge >= 0.3 is 0 Å². The second-order valence-electron chi connectivity index (χ2n) is 8.99. The molecular formula is C21H27F2N3O2. The fraction of sp³-hybridized carbons (Fsp3) is 0.619. The molecular weight excluding hydrogens is 364 g/mol. The molecule has 1 unspecified atom stereocenters. The fourth-order valence-corrected chi connectivity index (χ4v) is 4.06. The number of aromatic nitrogens is 2. The lowest BCUT2D eigenvalue weighted by Crippen LogP contribution is -2.29. The highest BCUT2D eigenvalue weighted by Gasteiger charge is 2.51. The van der Waals surface area contributed by atoms with E-state index in [0.29, 0.717) is 29.9 Å². The molecule has 1 aromatic carbocycles. The zero-order valence-electron chi connectivity index (χ0n) is 16.6. The van der Waals surface area contributed by atoms with Crippen LogP contribution in [0.3, 0.4) is 0 Å². The molecule has 0 saturated heterocycles. The third-order valence-corrected chi connectivity index (χ3v) is 6.13. The Morgan fingerprint density at radius 3 is 2.61 bits per heavy atom. The van der Waals surface area contributed by atoms with Crippen LogP contribution in [-0.2, 0) is 10.4 Å². The summed E-state index contributed by atoms with van der Waals surface area (Å²) in [7, 11) is 0. The van der Waals surface area contributed by atoms with Gasteiger partial charge in [0.1, 0.15) is 5.52 Å². The average Bonchev–Trinajstić information content (AvgIpc) is 3.22. The highest BCUT2D eigenvalue weighted by molar-refractivity contribution is 5.97. The Morgan fingerprint density at radius 2 is 2.11 bits per heavy atom. The Morgan fingerprint density at radius 1 is 1.43 bits per heavy atom. The van der Waals surface area contributed by atoms with Crippen LogP contribution in [0.25, 0.3) is 11.0 Å². The molecule has 28 heavy (non-hydrogen) atoms. The molecule has 5 nitrogen and oxygen atoms in total. The van der Waals surface area contributed by atoms with Gasteiger partial charge in [-0.2, -0.15) is 0 Å². The summed E-state index contributed by atoms with van der Waals surface area (Å²) in [6.07, 6.45) is 3.38. The third kappa shape index (κ3) is 3.30. The van der Waals surface area contributed by atoms with Gasteiger partial charge in [-0.1, -0.05) is 0 Å². The van der Waals surface area contributed by atoms with Crippen LogP contribution in [0.2, 0.25) is 0 Å². The van der Waals surface area contributed by atoms with Crippen LogP contribution in [-0.4, -0.2) is 26.7 Å². The minimum atomic E-state index is -1.19. The van der Waals surface area contributed by atoms with Gasteiger partial charge in [0, 0.05) is 6.04 Å². The molecule has 4 rings (SSSR count). The minimum Gasteiger partial charge on any atom is -0.386 e. The Bertz CT molecular complexity index is 922. The first-order chi connectivity index (χ1) is 13.1. The van der Waals surface area contributed by atoms with Gasteiger partial charge in [0.05, 0.1) is 22.7 Å². The van der Waals surface area contributed by atoms with E-state index in [4.69, 9.17) is 0 Å². The van der Waals surface area contributed by atoms with Crippen LogP contribution < -0.4 is 5.32 Å². The van der Waals surface area contributed by atoms with Gasteiger partial charge in [-0.05, 0) is 77.0 Å². The SMILES string of the molecule is CC(F)CC1(C(=O)Nc2nc3c(F)cc(C(C)(C)O)cc3n2C2CCC2)CC1. The molecule has 7 heteroatoms. The van der Waals surface area contributed by atoms with Crippen molar-refractivity contribution in [3.05, 3.63) is 23.5 Å². The van der Waals surface area contributed by atoms with Crippen molar-refractivity contribution in [1.29, 1.82) is 0 Å². The Hall–Kier alpha value is -2.02. The van der Waals surface area contributed by atoms with Gasteiger partial charge in [0.25, 0.3) is 0 Å². The summed E-state index contributed by atoms with van der Waals surface area (Å²) in [6, 6.07) is 3.17. The van der Waals surface area contributed by atoms with E-state index in [2.05, 4.69) is 10.3 Å². The van der Waals surface area contributed by atoms with Crippen molar-refractivity contribution < 1.29 is 18.7 Å². The number of carbonyl (C=O) groups excluding carboxylic acids is 1. The van der Waals surface area contributed by atoms with E-state index in [0.717, 1.165) is 19.3 Å².